The summed E-state index contributed by atoms with van der Waals surface area (Å²) < 4.78 is 19.0. The lowest BCUT2D eigenvalue weighted by atomic mass is 9.63. The number of carbonyl (C=O) groups is 2. The van der Waals surface area contributed by atoms with Crippen molar-refractivity contribution in [3.05, 3.63) is 53.8 Å². The standard InChI is InChI=1S/C20H21FN2O3/c1-13(24)22-16-7-8-18(26-2)17(12-16)23-19(25)20(9-4-10-20)14-5-3-6-15(21)11-14/h3,5-8,11-12H,4,9-10H2,1-2H3,(H,22,24)(H,23,25). The molecule has 5 nitrogen and oxygen atoms in total. The van der Waals surface area contributed by atoms with Crippen molar-refractivity contribution in [1.29, 1.82) is 0 Å². The van der Waals surface area contributed by atoms with Gasteiger partial charge in [0, 0.05) is 12.6 Å². The van der Waals surface area contributed by atoms with E-state index >= 15 is 0 Å². The molecule has 2 amide bonds. The summed E-state index contributed by atoms with van der Waals surface area (Å²) in [5.74, 6) is -0.275. The van der Waals surface area contributed by atoms with E-state index in [0.29, 0.717) is 35.5 Å². The summed E-state index contributed by atoms with van der Waals surface area (Å²) >= 11 is 0. The van der Waals surface area contributed by atoms with Crippen LogP contribution in [-0.4, -0.2) is 18.9 Å². The maximum atomic E-state index is 13.6. The van der Waals surface area contributed by atoms with Crippen LogP contribution < -0.4 is 15.4 Å². The molecule has 1 aliphatic rings. The maximum absolute atomic E-state index is 13.6. The molecule has 2 aromatic carbocycles. The zero-order valence-electron chi connectivity index (χ0n) is 14.8. The lowest BCUT2D eigenvalue weighted by Gasteiger charge is -2.40. The predicted octanol–water partition coefficient (Wildman–Crippen LogP) is 3.85. The number of hydrogen-bond donors (Lipinski definition) is 2. The van der Waals surface area contributed by atoms with E-state index in [1.54, 1.807) is 30.3 Å². The number of anilines is 2. The van der Waals surface area contributed by atoms with Crippen molar-refractivity contribution in [2.45, 2.75) is 31.6 Å². The minimum Gasteiger partial charge on any atom is -0.495 e. The van der Waals surface area contributed by atoms with Crippen molar-refractivity contribution in [2.75, 3.05) is 17.7 Å². The number of ether oxygens (including phenoxy) is 1. The van der Waals surface area contributed by atoms with Gasteiger partial charge in [0.05, 0.1) is 18.2 Å². The molecule has 26 heavy (non-hydrogen) atoms. The minimum atomic E-state index is -0.739. The first-order valence-electron chi connectivity index (χ1n) is 8.48. The molecule has 0 unspecified atom stereocenters. The molecule has 0 spiro atoms. The minimum absolute atomic E-state index is 0.201. The number of methoxy groups -OCH3 is 1. The van der Waals surface area contributed by atoms with Gasteiger partial charge in [-0.15, -0.1) is 0 Å². The Morgan fingerprint density at radius 3 is 2.46 bits per heavy atom. The number of carbonyl (C=O) groups excluding carboxylic acids is 2. The van der Waals surface area contributed by atoms with Gasteiger partial charge in [0.25, 0.3) is 0 Å². The molecule has 1 aliphatic carbocycles. The van der Waals surface area contributed by atoms with Crippen LogP contribution in [0.5, 0.6) is 5.75 Å². The Hall–Kier alpha value is -2.89. The fraction of sp³-hybridized carbons (Fsp3) is 0.300. The monoisotopic (exact) mass is 356 g/mol. The van der Waals surface area contributed by atoms with Gasteiger partial charge in [0.15, 0.2) is 0 Å². The van der Waals surface area contributed by atoms with Gasteiger partial charge in [0.2, 0.25) is 11.8 Å². The number of rotatable bonds is 5. The average Bonchev–Trinajstić information content (AvgIpc) is 2.53. The number of hydrogen-bond acceptors (Lipinski definition) is 3. The van der Waals surface area contributed by atoms with Gasteiger partial charge < -0.3 is 15.4 Å². The van der Waals surface area contributed by atoms with Crippen molar-refractivity contribution in [2.24, 2.45) is 0 Å². The SMILES string of the molecule is COc1ccc(NC(C)=O)cc1NC(=O)C1(c2cccc(F)c2)CCC1. The van der Waals surface area contributed by atoms with Crippen LogP contribution in [-0.2, 0) is 15.0 Å². The predicted molar refractivity (Wildman–Crippen MR) is 97.9 cm³/mol. The van der Waals surface area contributed by atoms with Gasteiger partial charge >= 0.3 is 0 Å². The Morgan fingerprint density at radius 1 is 1.12 bits per heavy atom. The van der Waals surface area contributed by atoms with Crippen molar-refractivity contribution in [3.8, 4) is 5.75 Å². The third-order valence-corrected chi connectivity index (χ3v) is 4.79. The summed E-state index contributed by atoms with van der Waals surface area (Å²) in [5, 5.41) is 5.58. The fourth-order valence-corrected chi connectivity index (χ4v) is 3.29. The van der Waals surface area contributed by atoms with E-state index in [9.17, 15) is 14.0 Å². The lowest BCUT2D eigenvalue weighted by Crippen LogP contribution is -2.46. The highest BCUT2D eigenvalue weighted by Crippen LogP contribution is 2.45. The first-order valence-corrected chi connectivity index (χ1v) is 8.48. The van der Waals surface area contributed by atoms with E-state index in [1.165, 1.54) is 26.2 Å². The molecule has 0 aliphatic heterocycles. The molecule has 6 heteroatoms. The largest absolute Gasteiger partial charge is 0.495 e. The van der Waals surface area contributed by atoms with Gasteiger partial charge in [-0.2, -0.15) is 0 Å². The van der Waals surface area contributed by atoms with E-state index < -0.39 is 5.41 Å². The molecule has 2 aromatic rings. The molecule has 0 saturated heterocycles. The van der Waals surface area contributed by atoms with Gasteiger partial charge in [-0.1, -0.05) is 18.6 Å². The molecule has 2 N–H and O–H groups in total. The van der Waals surface area contributed by atoms with E-state index in [-0.39, 0.29) is 17.6 Å². The summed E-state index contributed by atoms with van der Waals surface area (Å²) in [5.41, 5.74) is 0.962. The van der Waals surface area contributed by atoms with Crippen molar-refractivity contribution in [3.63, 3.8) is 0 Å². The summed E-state index contributed by atoms with van der Waals surface area (Å²) in [6.07, 6.45) is 2.24. The van der Waals surface area contributed by atoms with Gasteiger partial charge in [-0.25, -0.2) is 4.39 Å². The van der Waals surface area contributed by atoms with E-state index in [1.807, 2.05) is 0 Å². The van der Waals surface area contributed by atoms with Gasteiger partial charge in [0.1, 0.15) is 11.6 Å². The summed E-state index contributed by atoms with van der Waals surface area (Å²) in [6.45, 7) is 1.41. The second kappa shape index (κ2) is 7.15. The van der Waals surface area contributed by atoms with Gasteiger partial charge in [-0.05, 0) is 48.7 Å². The molecular formula is C20H21FN2O3. The van der Waals surface area contributed by atoms with Crippen molar-refractivity contribution in [1.82, 2.24) is 0 Å². The summed E-state index contributed by atoms with van der Waals surface area (Å²) in [6, 6.07) is 11.2. The highest BCUT2D eigenvalue weighted by molar-refractivity contribution is 6.01. The third-order valence-electron chi connectivity index (χ3n) is 4.79. The Kier molecular flexibility index (Phi) is 4.93. The van der Waals surface area contributed by atoms with Crippen LogP contribution >= 0.6 is 0 Å². The van der Waals surface area contributed by atoms with Crippen LogP contribution in [0.2, 0.25) is 0 Å². The summed E-state index contributed by atoms with van der Waals surface area (Å²) in [7, 11) is 1.51. The van der Waals surface area contributed by atoms with Crippen molar-refractivity contribution < 1.29 is 18.7 Å². The fourth-order valence-electron chi connectivity index (χ4n) is 3.29. The molecule has 0 aromatic heterocycles. The van der Waals surface area contributed by atoms with E-state index in [4.69, 9.17) is 4.74 Å². The first kappa shape index (κ1) is 17.9. The molecule has 1 fully saturated rings. The van der Waals surface area contributed by atoms with Crippen LogP contribution in [0.1, 0.15) is 31.7 Å². The highest BCUT2D eigenvalue weighted by atomic mass is 19.1. The smallest absolute Gasteiger partial charge is 0.235 e. The van der Waals surface area contributed by atoms with E-state index in [0.717, 1.165) is 6.42 Å². The Balaban J connectivity index is 1.90. The third kappa shape index (κ3) is 3.40. The van der Waals surface area contributed by atoms with Crippen LogP contribution in [0.15, 0.2) is 42.5 Å². The van der Waals surface area contributed by atoms with Crippen molar-refractivity contribution >= 4 is 23.2 Å². The summed E-state index contributed by atoms with van der Waals surface area (Å²) in [4.78, 5) is 24.3. The zero-order valence-corrected chi connectivity index (χ0v) is 14.8. The van der Waals surface area contributed by atoms with E-state index in [2.05, 4.69) is 10.6 Å². The molecule has 0 atom stereocenters. The van der Waals surface area contributed by atoms with Crippen LogP contribution in [0.4, 0.5) is 15.8 Å². The van der Waals surface area contributed by atoms with Crippen LogP contribution in [0.3, 0.4) is 0 Å². The highest BCUT2D eigenvalue weighted by Gasteiger charge is 2.46. The number of benzene rings is 2. The maximum Gasteiger partial charge on any atom is 0.235 e. The molecule has 1 saturated carbocycles. The molecule has 136 valence electrons. The van der Waals surface area contributed by atoms with Crippen LogP contribution in [0, 0.1) is 5.82 Å². The quantitative estimate of drug-likeness (QED) is 0.855. The second-order valence-corrected chi connectivity index (χ2v) is 6.50. The lowest BCUT2D eigenvalue weighted by molar-refractivity contribution is -0.124. The number of nitrogens with one attached hydrogen (secondary N) is 2. The topological polar surface area (TPSA) is 67.4 Å². The molecule has 0 bridgehead atoms. The Labute approximate surface area is 151 Å². The normalized spacial score (nSPS) is 14.9. The average molecular weight is 356 g/mol. The first-order chi connectivity index (χ1) is 12.4. The number of amides is 2. The Bertz CT molecular complexity index is 847. The van der Waals surface area contributed by atoms with Crippen LogP contribution in [0.25, 0.3) is 0 Å². The molecule has 0 radical (unpaired) electrons. The molecule has 3 rings (SSSR count). The number of halogens is 1. The second-order valence-electron chi connectivity index (χ2n) is 6.50. The molecule has 0 heterocycles. The Morgan fingerprint density at radius 2 is 1.88 bits per heavy atom. The zero-order chi connectivity index (χ0) is 18.7. The van der Waals surface area contributed by atoms with Gasteiger partial charge in [-0.3, -0.25) is 9.59 Å². The molecular weight excluding hydrogens is 335 g/mol.